The molecule has 2 N–H and O–H groups in total. The average molecular weight is 452 g/mol. The number of carbonyl (C=O) groups is 2. The van der Waals surface area contributed by atoms with Crippen LogP contribution in [0.25, 0.3) is 16.9 Å². The maximum Gasteiger partial charge on any atom is 0.255 e. The summed E-state index contributed by atoms with van der Waals surface area (Å²) >= 11 is 0. The zero-order chi connectivity index (χ0) is 23.5. The molecule has 170 valence electrons. The van der Waals surface area contributed by atoms with Gasteiger partial charge in [-0.05, 0) is 61.7 Å². The molecule has 2 aromatic carbocycles. The average Bonchev–Trinajstić information content (AvgIpc) is 3.63. The summed E-state index contributed by atoms with van der Waals surface area (Å²) in [5.41, 5.74) is 4.38. The molecule has 0 saturated heterocycles. The Balaban J connectivity index is 1.36. The Morgan fingerprint density at radius 1 is 1.00 bits per heavy atom. The number of nitrogens with zero attached hydrogens (tertiary/aromatic N) is 3. The van der Waals surface area contributed by atoms with E-state index in [-0.39, 0.29) is 23.8 Å². The lowest BCUT2D eigenvalue weighted by molar-refractivity contribution is -0.117. The van der Waals surface area contributed by atoms with E-state index in [1.807, 2.05) is 73.7 Å². The number of carbonyl (C=O) groups excluding carboxylic acids is 2. The van der Waals surface area contributed by atoms with Gasteiger partial charge in [-0.25, -0.2) is 4.68 Å². The summed E-state index contributed by atoms with van der Waals surface area (Å²) in [6, 6.07) is 20.7. The van der Waals surface area contributed by atoms with Gasteiger partial charge in [-0.3, -0.25) is 14.6 Å². The number of para-hydroxylation sites is 1. The molecule has 1 fully saturated rings. The van der Waals surface area contributed by atoms with Crippen LogP contribution in [0, 0.1) is 5.92 Å². The molecule has 1 saturated carbocycles. The highest BCUT2D eigenvalue weighted by Gasteiger charge is 2.29. The molecule has 34 heavy (non-hydrogen) atoms. The van der Waals surface area contributed by atoms with Crippen LogP contribution in [0.2, 0.25) is 0 Å². The highest BCUT2D eigenvalue weighted by atomic mass is 16.2. The third-order valence-electron chi connectivity index (χ3n) is 5.89. The van der Waals surface area contributed by atoms with Gasteiger partial charge in [0.15, 0.2) is 0 Å². The first-order chi connectivity index (χ1) is 16.6. The van der Waals surface area contributed by atoms with Crippen molar-refractivity contribution in [1.29, 1.82) is 0 Å². The number of nitrogens with one attached hydrogen (secondary N) is 2. The third kappa shape index (κ3) is 4.73. The number of pyridine rings is 1. The van der Waals surface area contributed by atoms with Gasteiger partial charge in [0, 0.05) is 35.8 Å². The van der Waals surface area contributed by atoms with Crippen LogP contribution in [0.3, 0.4) is 0 Å². The molecule has 1 unspecified atom stereocenters. The maximum atomic E-state index is 13.3. The highest BCUT2D eigenvalue weighted by Crippen LogP contribution is 2.30. The van der Waals surface area contributed by atoms with Crippen molar-refractivity contribution in [3.05, 3.63) is 96.4 Å². The topological polar surface area (TPSA) is 88.9 Å². The van der Waals surface area contributed by atoms with Crippen LogP contribution >= 0.6 is 0 Å². The fourth-order valence-electron chi connectivity index (χ4n) is 3.77. The van der Waals surface area contributed by atoms with E-state index in [2.05, 4.69) is 20.7 Å². The van der Waals surface area contributed by atoms with E-state index in [0.29, 0.717) is 11.3 Å². The van der Waals surface area contributed by atoms with Crippen LogP contribution in [-0.2, 0) is 4.79 Å². The number of anilines is 1. The second-order valence-electron chi connectivity index (χ2n) is 8.49. The zero-order valence-electron chi connectivity index (χ0n) is 18.8. The van der Waals surface area contributed by atoms with Crippen LogP contribution in [0.4, 0.5) is 5.69 Å². The SMILES string of the molecule is CC(NC(=O)c1cn(-c2ccccc2)nc1-c1cccnc1)c1ccc(NC(=O)C2CC2)cc1. The van der Waals surface area contributed by atoms with Crippen LogP contribution in [-0.4, -0.2) is 26.6 Å². The van der Waals surface area contributed by atoms with Crippen LogP contribution in [0.15, 0.2) is 85.3 Å². The van der Waals surface area contributed by atoms with E-state index in [4.69, 9.17) is 0 Å². The Hall–Kier alpha value is -4.26. The first-order valence-corrected chi connectivity index (χ1v) is 11.4. The Labute approximate surface area is 197 Å². The molecule has 2 amide bonds. The number of benzene rings is 2. The molecule has 0 spiro atoms. The van der Waals surface area contributed by atoms with E-state index in [1.165, 1.54) is 0 Å². The summed E-state index contributed by atoms with van der Waals surface area (Å²) in [6.07, 6.45) is 7.07. The molecule has 2 aromatic heterocycles. The number of amides is 2. The van der Waals surface area contributed by atoms with Crippen molar-refractivity contribution in [2.45, 2.75) is 25.8 Å². The molecule has 7 nitrogen and oxygen atoms in total. The van der Waals surface area contributed by atoms with Gasteiger partial charge < -0.3 is 10.6 Å². The van der Waals surface area contributed by atoms with Crippen LogP contribution in [0.5, 0.6) is 0 Å². The van der Waals surface area contributed by atoms with E-state index in [0.717, 1.165) is 35.3 Å². The first-order valence-electron chi connectivity index (χ1n) is 11.4. The molecule has 5 rings (SSSR count). The molecule has 1 aliphatic rings. The third-order valence-corrected chi connectivity index (χ3v) is 5.89. The highest BCUT2D eigenvalue weighted by molar-refractivity contribution is 6.00. The summed E-state index contributed by atoms with van der Waals surface area (Å²) in [4.78, 5) is 29.5. The van der Waals surface area contributed by atoms with Gasteiger partial charge in [-0.1, -0.05) is 30.3 Å². The molecular formula is C27H25N5O2. The molecule has 7 heteroatoms. The minimum Gasteiger partial charge on any atom is -0.345 e. The summed E-state index contributed by atoms with van der Waals surface area (Å²) in [5.74, 6) is 0.0100. The van der Waals surface area contributed by atoms with Crippen molar-refractivity contribution >= 4 is 17.5 Å². The predicted octanol–water partition coefficient (Wildman–Crippen LogP) is 4.77. The summed E-state index contributed by atoms with van der Waals surface area (Å²) < 4.78 is 1.71. The lowest BCUT2D eigenvalue weighted by Gasteiger charge is -2.15. The number of rotatable bonds is 7. The Bertz CT molecular complexity index is 1300. The monoisotopic (exact) mass is 451 g/mol. The Morgan fingerprint density at radius 2 is 1.76 bits per heavy atom. The largest absolute Gasteiger partial charge is 0.345 e. The van der Waals surface area contributed by atoms with Crippen LogP contribution < -0.4 is 10.6 Å². The van der Waals surface area contributed by atoms with E-state index >= 15 is 0 Å². The fraction of sp³-hybridized carbons (Fsp3) is 0.185. The van der Waals surface area contributed by atoms with Crippen LogP contribution in [0.1, 0.15) is 41.7 Å². The lowest BCUT2D eigenvalue weighted by atomic mass is 10.1. The van der Waals surface area contributed by atoms with E-state index < -0.39 is 0 Å². The standard InChI is InChI=1S/C27H25N5O2/c1-18(19-11-13-22(14-12-19)30-26(33)20-9-10-20)29-27(34)24-17-32(23-7-3-2-4-8-23)31-25(24)21-6-5-15-28-16-21/h2-8,11-18,20H,9-10H2,1H3,(H,29,34)(H,30,33). The van der Waals surface area contributed by atoms with Crippen molar-refractivity contribution in [1.82, 2.24) is 20.1 Å². The molecule has 1 atom stereocenters. The van der Waals surface area contributed by atoms with Crippen molar-refractivity contribution in [3.8, 4) is 16.9 Å². The van der Waals surface area contributed by atoms with E-state index in [9.17, 15) is 9.59 Å². The second kappa shape index (κ2) is 9.31. The molecule has 1 aliphatic carbocycles. The first kappa shape index (κ1) is 21.6. The predicted molar refractivity (Wildman–Crippen MR) is 130 cm³/mol. The molecule has 4 aromatic rings. The smallest absolute Gasteiger partial charge is 0.255 e. The van der Waals surface area contributed by atoms with Crippen molar-refractivity contribution < 1.29 is 9.59 Å². The number of hydrogen-bond donors (Lipinski definition) is 2. The fourth-order valence-corrected chi connectivity index (χ4v) is 3.77. The van der Waals surface area contributed by atoms with Crippen molar-refractivity contribution in [2.24, 2.45) is 5.92 Å². The number of aromatic nitrogens is 3. The summed E-state index contributed by atoms with van der Waals surface area (Å²) in [5, 5.41) is 10.7. The van der Waals surface area contributed by atoms with Crippen molar-refractivity contribution in [2.75, 3.05) is 5.32 Å². The van der Waals surface area contributed by atoms with Gasteiger partial charge in [-0.2, -0.15) is 5.10 Å². The Kier molecular flexibility index (Phi) is 5.91. The Morgan fingerprint density at radius 3 is 2.44 bits per heavy atom. The lowest BCUT2D eigenvalue weighted by Crippen LogP contribution is -2.26. The second-order valence-corrected chi connectivity index (χ2v) is 8.49. The van der Waals surface area contributed by atoms with Gasteiger partial charge >= 0.3 is 0 Å². The number of hydrogen-bond acceptors (Lipinski definition) is 4. The van der Waals surface area contributed by atoms with E-state index in [1.54, 1.807) is 23.3 Å². The summed E-state index contributed by atoms with van der Waals surface area (Å²) in [7, 11) is 0. The minimum absolute atomic E-state index is 0.0764. The molecule has 2 heterocycles. The normalized spacial score (nSPS) is 13.8. The molecular weight excluding hydrogens is 426 g/mol. The van der Waals surface area contributed by atoms with Gasteiger partial charge in [0.2, 0.25) is 5.91 Å². The zero-order valence-corrected chi connectivity index (χ0v) is 18.8. The maximum absolute atomic E-state index is 13.3. The molecule has 0 aliphatic heterocycles. The van der Waals surface area contributed by atoms with Gasteiger partial charge in [0.25, 0.3) is 5.91 Å². The van der Waals surface area contributed by atoms with Crippen molar-refractivity contribution in [3.63, 3.8) is 0 Å². The summed E-state index contributed by atoms with van der Waals surface area (Å²) in [6.45, 7) is 1.93. The van der Waals surface area contributed by atoms with Gasteiger partial charge in [0.05, 0.1) is 17.3 Å². The van der Waals surface area contributed by atoms with Gasteiger partial charge in [-0.15, -0.1) is 0 Å². The molecule has 0 radical (unpaired) electrons. The minimum atomic E-state index is -0.234. The quantitative estimate of drug-likeness (QED) is 0.423. The molecule has 0 bridgehead atoms. The van der Waals surface area contributed by atoms with Gasteiger partial charge in [0.1, 0.15) is 5.69 Å².